The van der Waals surface area contributed by atoms with Crippen molar-refractivity contribution in [3.63, 3.8) is 0 Å². The van der Waals surface area contributed by atoms with Crippen LogP contribution < -0.4 is 14.8 Å². The Bertz CT molecular complexity index is 925. The van der Waals surface area contributed by atoms with E-state index in [0.29, 0.717) is 28.9 Å². The van der Waals surface area contributed by atoms with Crippen molar-refractivity contribution in [1.82, 2.24) is 15.0 Å². The van der Waals surface area contributed by atoms with Gasteiger partial charge in [0.25, 0.3) is 0 Å². The van der Waals surface area contributed by atoms with Gasteiger partial charge in [0, 0.05) is 12.6 Å². The highest BCUT2D eigenvalue weighted by Crippen LogP contribution is 2.24. The molecule has 27 heavy (non-hydrogen) atoms. The van der Waals surface area contributed by atoms with Crippen LogP contribution in [0.25, 0.3) is 11.4 Å². The Labute approximate surface area is 156 Å². The molecule has 0 aliphatic carbocycles. The molecular weight excluding hydrogens is 348 g/mol. The largest absolute Gasteiger partial charge is 0.497 e. The van der Waals surface area contributed by atoms with Crippen LogP contribution in [0.2, 0.25) is 0 Å². The van der Waals surface area contributed by atoms with Gasteiger partial charge in [0.1, 0.15) is 18.0 Å². The summed E-state index contributed by atoms with van der Waals surface area (Å²) in [6.45, 7) is 0.165. The number of urea groups is 1. The number of nitrogens with zero attached hydrogens (tertiary/aromatic N) is 3. The summed E-state index contributed by atoms with van der Waals surface area (Å²) in [5, 5.41) is 6.76. The SMILES string of the molecule is COc1cccc(-c2noc(CN(C)C(=O)Nc3ccccc3OC)n2)c1. The average Bonchev–Trinajstić information content (AvgIpc) is 3.17. The number of benzene rings is 2. The monoisotopic (exact) mass is 368 g/mol. The molecule has 0 fully saturated rings. The van der Waals surface area contributed by atoms with Crippen molar-refractivity contribution in [1.29, 1.82) is 0 Å². The van der Waals surface area contributed by atoms with Crippen molar-refractivity contribution in [2.24, 2.45) is 0 Å². The molecule has 2 amide bonds. The second kappa shape index (κ2) is 8.22. The zero-order chi connectivity index (χ0) is 19.2. The third kappa shape index (κ3) is 4.35. The van der Waals surface area contributed by atoms with E-state index in [4.69, 9.17) is 14.0 Å². The minimum atomic E-state index is -0.319. The molecule has 0 unspecified atom stereocenters. The van der Waals surface area contributed by atoms with E-state index in [1.165, 1.54) is 4.90 Å². The Kier molecular flexibility index (Phi) is 5.55. The first-order valence-electron chi connectivity index (χ1n) is 8.23. The van der Waals surface area contributed by atoms with Crippen molar-refractivity contribution in [2.75, 3.05) is 26.6 Å². The number of ether oxygens (including phenoxy) is 2. The molecular formula is C19H20N4O4. The fourth-order valence-electron chi connectivity index (χ4n) is 2.43. The van der Waals surface area contributed by atoms with Crippen LogP contribution in [-0.2, 0) is 6.54 Å². The van der Waals surface area contributed by atoms with Crippen molar-refractivity contribution >= 4 is 11.7 Å². The van der Waals surface area contributed by atoms with Gasteiger partial charge in [-0.1, -0.05) is 29.4 Å². The lowest BCUT2D eigenvalue weighted by Crippen LogP contribution is -2.31. The minimum Gasteiger partial charge on any atom is -0.497 e. The van der Waals surface area contributed by atoms with E-state index >= 15 is 0 Å². The average molecular weight is 368 g/mol. The summed E-state index contributed by atoms with van der Waals surface area (Å²) in [6.07, 6.45) is 0. The van der Waals surface area contributed by atoms with E-state index in [9.17, 15) is 4.79 Å². The number of hydrogen-bond acceptors (Lipinski definition) is 6. The predicted molar refractivity (Wildman–Crippen MR) is 99.8 cm³/mol. The molecule has 3 aromatic rings. The molecule has 1 heterocycles. The molecule has 8 heteroatoms. The Balaban J connectivity index is 1.66. The van der Waals surface area contributed by atoms with Crippen molar-refractivity contribution in [3.8, 4) is 22.9 Å². The molecule has 0 saturated heterocycles. The number of nitrogens with one attached hydrogen (secondary N) is 1. The third-order valence-electron chi connectivity index (χ3n) is 3.86. The molecule has 0 saturated carbocycles. The van der Waals surface area contributed by atoms with Gasteiger partial charge in [-0.05, 0) is 24.3 Å². The number of para-hydroxylation sites is 2. The first-order chi connectivity index (χ1) is 13.1. The molecule has 0 spiro atoms. The summed E-state index contributed by atoms with van der Waals surface area (Å²) in [7, 11) is 4.78. The number of anilines is 1. The first-order valence-corrected chi connectivity index (χ1v) is 8.23. The topological polar surface area (TPSA) is 89.7 Å². The Morgan fingerprint density at radius 2 is 1.96 bits per heavy atom. The number of rotatable bonds is 6. The first kappa shape index (κ1) is 18.2. The second-order valence-corrected chi connectivity index (χ2v) is 5.73. The van der Waals surface area contributed by atoms with E-state index in [-0.39, 0.29) is 12.6 Å². The maximum atomic E-state index is 12.4. The zero-order valence-corrected chi connectivity index (χ0v) is 15.3. The summed E-state index contributed by atoms with van der Waals surface area (Å²) >= 11 is 0. The van der Waals surface area contributed by atoms with Crippen molar-refractivity contribution in [2.45, 2.75) is 6.54 Å². The quantitative estimate of drug-likeness (QED) is 0.717. The van der Waals surface area contributed by atoms with Crippen LogP contribution in [0.15, 0.2) is 53.1 Å². The normalized spacial score (nSPS) is 10.3. The second-order valence-electron chi connectivity index (χ2n) is 5.73. The number of methoxy groups -OCH3 is 2. The van der Waals surface area contributed by atoms with Gasteiger partial charge < -0.3 is 24.2 Å². The fraction of sp³-hybridized carbons (Fsp3) is 0.211. The number of amides is 2. The molecule has 0 aliphatic heterocycles. The molecule has 2 aromatic carbocycles. The van der Waals surface area contributed by atoms with Crippen LogP contribution in [0.3, 0.4) is 0 Å². The van der Waals surface area contributed by atoms with Crippen molar-refractivity contribution in [3.05, 3.63) is 54.4 Å². The Morgan fingerprint density at radius 1 is 1.15 bits per heavy atom. The van der Waals surface area contributed by atoms with Gasteiger partial charge in [-0.25, -0.2) is 4.79 Å². The fourth-order valence-corrected chi connectivity index (χ4v) is 2.43. The molecule has 8 nitrogen and oxygen atoms in total. The number of carbonyl (C=O) groups is 1. The summed E-state index contributed by atoms with van der Waals surface area (Å²) in [5.74, 6) is 2.04. The molecule has 1 aromatic heterocycles. The van der Waals surface area contributed by atoms with Gasteiger partial charge in [-0.15, -0.1) is 0 Å². The molecule has 0 radical (unpaired) electrons. The maximum absolute atomic E-state index is 12.4. The van der Waals surface area contributed by atoms with Crippen LogP contribution in [0.4, 0.5) is 10.5 Å². The highest BCUT2D eigenvalue weighted by atomic mass is 16.5. The molecule has 140 valence electrons. The van der Waals surface area contributed by atoms with E-state index < -0.39 is 0 Å². The Hall–Kier alpha value is -3.55. The predicted octanol–water partition coefficient (Wildman–Crippen LogP) is 3.42. The van der Waals surface area contributed by atoms with Crippen LogP contribution in [0.5, 0.6) is 11.5 Å². The number of hydrogen-bond donors (Lipinski definition) is 1. The molecule has 3 rings (SSSR count). The summed E-state index contributed by atoms with van der Waals surface area (Å²) in [4.78, 5) is 18.2. The molecule has 0 atom stereocenters. The number of carbonyl (C=O) groups excluding carboxylic acids is 1. The summed E-state index contributed by atoms with van der Waals surface area (Å²) < 4.78 is 15.7. The third-order valence-corrected chi connectivity index (χ3v) is 3.86. The standard InChI is InChI=1S/C19H20N4O4/c1-23(19(24)20-15-9-4-5-10-16(15)26-3)12-17-21-18(22-27-17)13-7-6-8-14(11-13)25-2/h4-11H,12H2,1-3H3,(H,20,24). The van der Waals surface area contributed by atoms with E-state index in [2.05, 4.69) is 15.5 Å². The van der Waals surface area contributed by atoms with E-state index in [1.54, 1.807) is 33.4 Å². The maximum Gasteiger partial charge on any atom is 0.322 e. The highest BCUT2D eigenvalue weighted by Gasteiger charge is 2.16. The van der Waals surface area contributed by atoms with Crippen LogP contribution >= 0.6 is 0 Å². The van der Waals surface area contributed by atoms with Crippen LogP contribution in [-0.4, -0.2) is 42.3 Å². The highest BCUT2D eigenvalue weighted by molar-refractivity contribution is 5.90. The van der Waals surface area contributed by atoms with Crippen LogP contribution in [0.1, 0.15) is 5.89 Å². The molecule has 1 N–H and O–H groups in total. The van der Waals surface area contributed by atoms with Gasteiger partial charge in [0.15, 0.2) is 0 Å². The lowest BCUT2D eigenvalue weighted by Gasteiger charge is -2.17. The van der Waals surface area contributed by atoms with Gasteiger partial charge in [-0.3, -0.25) is 0 Å². The van der Waals surface area contributed by atoms with E-state index in [1.807, 2.05) is 36.4 Å². The molecule has 0 bridgehead atoms. The lowest BCUT2D eigenvalue weighted by molar-refractivity contribution is 0.213. The van der Waals surface area contributed by atoms with E-state index in [0.717, 1.165) is 5.56 Å². The zero-order valence-electron chi connectivity index (χ0n) is 15.3. The van der Waals surface area contributed by atoms with Gasteiger partial charge >= 0.3 is 6.03 Å². The number of aromatic nitrogens is 2. The van der Waals surface area contributed by atoms with Gasteiger partial charge in [0.2, 0.25) is 11.7 Å². The Morgan fingerprint density at radius 3 is 2.74 bits per heavy atom. The van der Waals surface area contributed by atoms with Gasteiger partial charge in [0.05, 0.1) is 19.9 Å². The van der Waals surface area contributed by atoms with Crippen molar-refractivity contribution < 1.29 is 18.8 Å². The van der Waals surface area contributed by atoms with Gasteiger partial charge in [-0.2, -0.15) is 4.98 Å². The smallest absolute Gasteiger partial charge is 0.322 e. The molecule has 0 aliphatic rings. The minimum absolute atomic E-state index is 0.165. The lowest BCUT2D eigenvalue weighted by atomic mass is 10.2. The summed E-state index contributed by atoms with van der Waals surface area (Å²) in [5.41, 5.74) is 1.35. The summed E-state index contributed by atoms with van der Waals surface area (Å²) in [6, 6.07) is 14.2. The van der Waals surface area contributed by atoms with Crippen LogP contribution in [0, 0.1) is 0 Å².